The van der Waals surface area contributed by atoms with Crippen molar-refractivity contribution in [1.82, 2.24) is 20.5 Å². The summed E-state index contributed by atoms with van der Waals surface area (Å²) in [7, 11) is 5.35. The number of carbonyl (C=O) groups excluding carboxylic acids is 1. The molecule has 0 unspecified atom stereocenters. The first-order chi connectivity index (χ1) is 15.0. The molecule has 0 spiro atoms. The van der Waals surface area contributed by atoms with Crippen molar-refractivity contribution in [2.24, 2.45) is 4.99 Å². The van der Waals surface area contributed by atoms with E-state index in [0.717, 1.165) is 61.8 Å². The van der Waals surface area contributed by atoms with Gasteiger partial charge in [-0.05, 0) is 55.5 Å². The van der Waals surface area contributed by atoms with Crippen molar-refractivity contribution < 1.29 is 4.79 Å². The van der Waals surface area contributed by atoms with E-state index in [-0.39, 0.29) is 29.9 Å². The molecule has 1 aliphatic rings. The second-order valence-corrected chi connectivity index (χ2v) is 8.25. The van der Waals surface area contributed by atoms with Crippen LogP contribution in [0.5, 0.6) is 0 Å². The first kappa shape index (κ1) is 25.9. The van der Waals surface area contributed by atoms with E-state index in [1.54, 1.807) is 26.0 Å². The maximum Gasteiger partial charge on any atom is 0.253 e. The van der Waals surface area contributed by atoms with Gasteiger partial charge in [-0.1, -0.05) is 18.2 Å². The summed E-state index contributed by atoms with van der Waals surface area (Å²) in [4.78, 5) is 25.0. The third-order valence-corrected chi connectivity index (χ3v) is 5.57. The molecule has 3 rings (SSSR count). The number of carbonyl (C=O) groups is 1. The second kappa shape index (κ2) is 12.6. The molecule has 1 saturated heterocycles. The monoisotopic (exact) mass is 550 g/mol. The molecular weight excluding hydrogens is 515 g/mol. The lowest BCUT2D eigenvalue weighted by Crippen LogP contribution is -2.49. The summed E-state index contributed by atoms with van der Waals surface area (Å²) in [6, 6.07) is 12.4. The number of rotatable bonds is 6. The van der Waals surface area contributed by atoms with E-state index in [1.807, 2.05) is 24.4 Å². The summed E-state index contributed by atoms with van der Waals surface area (Å²) < 4.78 is 0. The average Bonchev–Trinajstić information content (AvgIpc) is 2.79. The second-order valence-electron chi connectivity index (χ2n) is 8.25. The Morgan fingerprint density at radius 2 is 1.97 bits per heavy atom. The quantitative estimate of drug-likeness (QED) is 0.329. The van der Waals surface area contributed by atoms with Gasteiger partial charge in [-0.25, -0.2) is 4.98 Å². The number of hydrogen-bond donors (Lipinski definition) is 2. The molecule has 0 saturated carbocycles. The van der Waals surface area contributed by atoms with Gasteiger partial charge in [0, 0.05) is 58.6 Å². The van der Waals surface area contributed by atoms with Gasteiger partial charge in [0.2, 0.25) is 0 Å². The van der Waals surface area contributed by atoms with Crippen molar-refractivity contribution >= 4 is 41.7 Å². The molecule has 1 fully saturated rings. The van der Waals surface area contributed by atoms with E-state index < -0.39 is 0 Å². The highest BCUT2D eigenvalue weighted by Gasteiger charge is 2.20. The summed E-state index contributed by atoms with van der Waals surface area (Å²) >= 11 is 0. The minimum absolute atomic E-state index is 0. The molecule has 8 heteroatoms. The minimum atomic E-state index is 0. The fraction of sp³-hybridized carbons (Fsp3) is 0.458. The number of benzene rings is 1. The van der Waals surface area contributed by atoms with Crippen molar-refractivity contribution in [3.05, 3.63) is 59.3 Å². The largest absolute Gasteiger partial charge is 0.356 e. The Labute approximate surface area is 208 Å². The molecule has 1 aliphatic heterocycles. The van der Waals surface area contributed by atoms with Crippen LogP contribution in [0.3, 0.4) is 0 Å². The zero-order valence-corrected chi connectivity index (χ0v) is 21.8. The number of anilines is 1. The summed E-state index contributed by atoms with van der Waals surface area (Å²) in [5.74, 6) is 1.91. The highest BCUT2D eigenvalue weighted by molar-refractivity contribution is 14.0. The molecule has 1 amide bonds. The maximum absolute atomic E-state index is 12.1. The topological polar surface area (TPSA) is 72.9 Å². The van der Waals surface area contributed by atoms with Crippen molar-refractivity contribution in [3.63, 3.8) is 0 Å². The van der Waals surface area contributed by atoms with Crippen LogP contribution in [0.25, 0.3) is 0 Å². The number of amides is 1. The normalized spacial score (nSPS) is 14.5. The van der Waals surface area contributed by atoms with Crippen LogP contribution in [-0.4, -0.2) is 68.6 Å². The fourth-order valence-corrected chi connectivity index (χ4v) is 3.73. The smallest absolute Gasteiger partial charge is 0.253 e. The van der Waals surface area contributed by atoms with Crippen molar-refractivity contribution in [3.8, 4) is 0 Å². The molecule has 0 aliphatic carbocycles. The van der Waals surface area contributed by atoms with Crippen molar-refractivity contribution in [2.45, 2.75) is 32.2 Å². The van der Waals surface area contributed by atoms with E-state index in [4.69, 9.17) is 0 Å². The van der Waals surface area contributed by atoms with Gasteiger partial charge in [0.25, 0.3) is 5.91 Å². The average molecular weight is 550 g/mol. The molecule has 32 heavy (non-hydrogen) atoms. The summed E-state index contributed by atoms with van der Waals surface area (Å²) in [5.41, 5.74) is 3.04. The molecular formula is C24H35IN6O. The zero-order chi connectivity index (χ0) is 22.2. The molecule has 1 aromatic carbocycles. The molecule has 2 heterocycles. The van der Waals surface area contributed by atoms with Gasteiger partial charge in [0.15, 0.2) is 5.96 Å². The molecule has 0 bridgehead atoms. The van der Waals surface area contributed by atoms with Gasteiger partial charge in [-0.3, -0.25) is 9.79 Å². The van der Waals surface area contributed by atoms with Crippen LogP contribution in [0.4, 0.5) is 5.82 Å². The molecule has 0 radical (unpaired) electrons. The van der Waals surface area contributed by atoms with Gasteiger partial charge >= 0.3 is 0 Å². The van der Waals surface area contributed by atoms with Gasteiger partial charge in [-0.15, -0.1) is 24.0 Å². The van der Waals surface area contributed by atoms with Crippen LogP contribution in [0.2, 0.25) is 0 Å². The Bertz CT molecular complexity index is 892. The highest BCUT2D eigenvalue weighted by atomic mass is 127. The van der Waals surface area contributed by atoms with E-state index in [9.17, 15) is 4.79 Å². The number of nitrogens with one attached hydrogen (secondary N) is 2. The number of piperidine rings is 1. The fourth-order valence-electron chi connectivity index (χ4n) is 3.73. The highest BCUT2D eigenvalue weighted by Crippen LogP contribution is 2.18. The van der Waals surface area contributed by atoms with Crippen LogP contribution >= 0.6 is 24.0 Å². The standard InChI is InChI=1S/C24H34N6O.HI/c1-18-8-9-22(27-17-18)30-14-11-21(12-15-30)28-24(25-2)26-13-10-19-6-5-7-20(16-19)23(31)29(3)4;/h5-9,16-17,21H,10-15H2,1-4H3,(H2,25,26,28);1H. The van der Waals surface area contributed by atoms with Crippen LogP contribution < -0.4 is 15.5 Å². The first-order valence-electron chi connectivity index (χ1n) is 10.9. The Kier molecular flexibility index (Phi) is 10.2. The molecule has 2 N–H and O–H groups in total. The Morgan fingerprint density at radius 3 is 2.59 bits per heavy atom. The predicted molar refractivity (Wildman–Crippen MR) is 142 cm³/mol. The van der Waals surface area contributed by atoms with E-state index in [1.165, 1.54) is 5.56 Å². The van der Waals surface area contributed by atoms with Crippen LogP contribution in [-0.2, 0) is 6.42 Å². The predicted octanol–water partition coefficient (Wildman–Crippen LogP) is 3.09. The van der Waals surface area contributed by atoms with Crippen molar-refractivity contribution in [1.29, 1.82) is 0 Å². The van der Waals surface area contributed by atoms with Gasteiger partial charge in [0.05, 0.1) is 0 Å². The van der Waals surface area contributed by atoms with E-state index in [2.05, 4.69) is 50.6 Å². The number of guanidine groups is 1. The van der Waals surface area contributed by atoms with Gasteiger partial charge < -0.3 is 20.4 Å². The van der Waals surface area contributed by atoms with Crippen LogP contribution in [0.1, 0.15) is 34.3 Å². The lowest BCUT2D eigenvalue weighted by atomic mass is 10.1. The van der Waals surface area contributed by atoms with Crippen LogP contribution in [0, 0.1) is 6.92 Å². The molecule has 0 atom stereocenters. The van der Waals surface area contributed by atoms with Gasteiger partial charge in [0.1, 0.15) is 5.82 Å². The number of pyridine rings is 1. The molecule has 2 aromatic rings. The third kappa shape index (κ3) is 7.36. The Morgan fingerprint density at radius 1 is 1.22 bits per heavy atom. The van der Waals surface area contributed by atoms with Gasteiger partial charge in [-0.2, -0.15) is 0 Å². The van der Waals surface area contributed by atoms with Crippen LogP contribution in [0.15, 0.2) is 47.6 Å². The summed E-state index contributed by atoms with van der Waals surface area (Å²) in [5, 5.41) is 6.95. The van der Waals surface area contributed by atoms with E-state index in [0.29, 0.717) is 6.04 Å². The third-order valence-electron chi connectivity index (χ3n) is 5.57. The first-order valence-corrected chi connectivity index (χ1v) is 10.9. The van der Waals surface area contributed by atoms with Crippen molar-refractivity contribution in [2.75, 3.05) is 45.7 Å². The Balaban J connectivity index is 0.00000363. The van der Waals surface area contributed by atoms with E-state index >= 15 is 0 Å². The number of aryl methyl sites for hydroxylation is 1. The molecule has 7 nitrogen and oxygen atoms in total. The SMILES string of the molecule is CN=C(NCCc1cccc(C(=O)N(C)C)c1)NC1CCN(c2ccc(C)cn2)CC1.I. The molecule has 1 aromatic heterocycles. The lowest BCUT2D eigenvalue weighted by Gasteiger charge is -2.33. The number of aliphatic imine (C=N–C) groups is 1. The molecule has 174 valence electrons. The number of aromatic nitrogens is 1. The summed E-state index contributed by atoms with van der Waals surface area (Å²) in [6.07, 6.45) is 4.85. The lowest BCUT2D eigenvalue weighted by molar-refractivity contribution is 0.0827. The Hall–Kier alpha value is -2.36. The summed E-state index contributed by atoms with van der Waals surface area (Å²) in [6.45, 7) is 4.78. The zero-order valence-electron chi connectivity index (χ0n) is 19.5. The number of hydrogen-bond acceptors (Lipinski definition) is 4. The maximum atomic E-state index is 12.1. The number of halogens is 1. The minimum Gasteiger partial charge on any atom is -0.356 e. The number of nitrogens with zero attached hydrogens (tertiary/aromatic N) is 4.